The van der Waals surface area contributed by atoms with E-state index in [0.29, 0.717) is 0 Å². The molecule has 0 bridgehead atoms. The van der Waals surface area contributed by atoms with Crippen LogP contribution in [-0.2, 0) is 0 Å². The zero-order chi connectivity index (χ0) is 10.7. The van der Waals surface area contributed by atoms with Crippen LogP contribution in [0, 0.1) is 0 Å². The van der Waals surface area contributed by atoms with Crippen LogP contribution in [-0.4, -0.2) is 17.8 Å². The Kier molecular flexibility index (Phi) is 3.49. The van der Waals surface area contributed by atoms with Crippen LogP contribution < -0.4 is 5.32 Å². The Labute approximate surface area is 98.1 Å². The third kappa shape index (κ3) is 2.44. The first-order valence-corrected chi connectivity index (χ1v) is 7.06. The van der Waals surface area contributed by atoms with Gasteiger partial charge in [-0.05, 0) is 30.9 Å². The number of thiazole rings is 1. The minimum absolute atomic E-state index is 1.03. The molecule has 1 aromatic heterocycles. The number of rotatable bonds is 4. The number of nitrogens with one attached hydrogen (secondary N) is 1. The Morgan fingerprint density at radius 2 is 2.33 bits per heavy atom. The van der Waals surface area contributed by atoms with Gasteiger partial charge in [-0.1, -0.05) is 18.7 Å². The van der Waals surface area contributed by atoms with Gasteiger partial charge in [-0.2, -0.15) is 0 Å². The Balaban J connectivity index is 2.29. The van der Waals surface area contributed by atoms with Crippen molar-refractivity contribution in [3.8, 4) is 0 Å². The molecule has 0 aliphatic rings. The SMILES string of the molecule is CCCNc1ccc2nc(SC)sc2c1. The second kappa shape index (κ2) is 4.86. The van der Waals surface area contributed by atoms with Crippen molar-refractivity contribution in [3.05, 3.63) is 18.2 Å². The minimum Gasteiger partial charge on any atom is -0.385 e. The molecule has 1 aromatic carbocycles. The van der Waals surface area contributed by atoms with Crippen molar-refractivity contribution in [2.45, 2.75) is 17.7 Å². The van der Waals surface area contributed by atoms with Gasteiger partial charge in [0.05, 0.1) is 10.2 Å². The summed E-state index contributed by atoms with van der Waals surface area (Å²) in [7, 11) is 0. The van der Waals surface area contributed by atoms with Crippen LogP contribution in [0.25, 0.3) is 10.2 Å². The van der Waals surface area contributed by atoms with Gasteiger partial charge in [0, 0.05) is 12.2 Å². The van der Waals surface area contributed by atoms with Crippen molar-refractivity contribution in [1.82, 2.24) is 4.98 Å². The summed E-state index contributed by atoms with van der Waals surface area (Å²) in [5.41, 5.74) is 2.30. The number of aromatic nitrogens is 1. The highest BCUT2D eigenvalue weighted by molar-refractivity contribution is 8.00. The Bertz CT molecular complexity index is 451. The largest absolute Gasteiger partial charge is 0.385 e. The van der Waals surface area contributed by atoms with Crippen LogP contribution in [0.15, 0.2) is 22.5 Å². The standard InChI is InChI=1S/C11H14N2S2/c1-3-6-12-8-4-5-9-10(7-8)15-11(13-9)14-2/h4-5,7,12H,3,6H2,1-2H3. The van der Waals surface area contributed by atoms with E-state index in [1.165, 1.54) is 10.4 Å². The van der Waals surface area contributed by atoms with E-state index in [1.807, 2.05) is 0 Å². The molecule has 0 spiro atoms. The number of hydrogen-bond acceptors (Lipinski definition) is 4. The van der Waals surface area contributed by atoms with Gasteiger partial charge in [0.1, 0.15) is 0 Å². The highest BCUT2D eigenvalue weighted by atomic mass is 32.2. The Morgan fingerprint density at radius 3 is 3.07 bits per heavy atom. The van der Waals surface area contributed by atoms with E-state index < -0.39 is 0 Å². The van der Waals surface area contributed by atoms with Gasteiger partial charge >= 0.3 is 0 Å². The van der Waals surface area contributed by atoms with Crippen LogP contribution in [0.2, 0.25) is 0 Å². The number of nitrogens with zero attached hydrogens (tertiary/aromatic N) is 1. The number of anilines is 1. The van der Waals surface area contributed by atoms with E-state index >= 15 is 0 Å². The first kappa shape index (κ1) is 10.8. The lowest BCUT2D eigenvalue weighted by Crippen LogP contribution is -1.98. The monoisotopic (exact) mass is 238 g/mol. The lowest BCUT2D eigenvalue weighted by atomic mass is 10.3. The molecule has 2 aromatic rings. The smallest absolute Gasteiger partial charge is 0.150 e. The molecule has 1 heterocycles. The lowest BCUT2D eigenvalue weighted by molar-refractivity contribution is 0.980. The van der Waals surface area contributed by atoms with Crippen LogP contribution in [0.4, 0.5) is 5.69 Å². The van der Waals surface area contributed by atoms with Crippen molar-refractivity contribution in [2.24, 2.45) is 0 Å². The Morgan fingerprint density at radius 1 is 1.47 bits per heavy atom. The zero-order valence-corrected chi connectivity index (χ0v) is 10.5. The molecule has 15 heavy (non-hydrogen) atoms. The average molecular weight is 238 g/mol. The maximum absolute atomic E-state index is 4.51. The van der Waals surface area contributed by atoms with E-state index in [4.69, 9.17) is 0 Å². The summed E-state index contributed by atoms with van der Waals surface area (Å²) in [4.78, 5) is 4.51. The summed E-state index contributed by atoms with van der Waals surface area (Å²) in [6.45, 7) is 3.20. The fourth-order valence-electron chi connectivity index (χ4n) is 1.37. The third-order valence-corrected chi connectivity index (χ3v) is 4.13. The highest BCUT2D eigenvalue weighted by Crippen LogP contribution is 2.29. The molecule has 1 N–H and O–H groups in total. The maximum atomic E-state index is 4.51. The molecule has 2 nitrogen and oxygen atoms in total. The van der Waals surface area contributed by atoms with Gasteiger partial charge in [-0.3, -0.25) is 0 Å². The topological polar surface area (TPSA) is 24.9 Å². The summed E-state index contributed by atoms with van der Waals surface area (Å²) < 4.78 is 2.40. The van der Waals surface area contributed by atoms with Gasteiger partial charge in [-0.25, -0.2) is 4.98 Å². The van der Waals surface area contributed by atoms with E-state index in [2.05, 4.69) is 41.7 Å². The molecule has 0 fully saturated rings. The summed E-state index contributed by atoms with van der Waals surface area (Å²) in [6, 6.07) is 6.37. The van der Waals surface area contributed by atoms with Gasteiger partial charge in [0.25, 0.3) is 0 Å². The molecule has 2 rings (SSSR count). The molecule has 0 saturated carbocycles. The molecule has 0 aliphatic carbocycles. The van der Waals surface area contributed by atoms with E-state index in [0.717, 1.165) is 22.8 Å². The third-order valence-electron chi connectivity index (χ3n) is 2.12. The zero-order valence-electron chi connectivity index (χ0n) is 8.91. The molecule has 0 amide bonds. The van der Waals surface area contributed by atoms with E-state index in [9.17, 15) is 0 Å². The van der Waals surface area contributed by atoms with Crippen molar-refractivity contribution in [2.75, 3.05) is 18.1 Å². The van der Waals surface area contributed by atoms with Crippen LogP contribution in [0.5, 0.6) is 0 Å². The highest BCUT2D eigenvalue weighted by Gasteiger charge is 2.02. The minimum atomic E-state index is 1.03. The number of thioether (sulfide) groups is 1. The lowest BCUT2D eigenvalue weighted by Gasteiger charge is -2.03. The molecule has 0 radical (unpaired) electrons. The van der Waals surface area contributed by atoms with Gasteiger partial charge in [0.15, 0.2) is 4.34 Å². The fourth-order valence-corrected chi connectivity index (χ4v) is 2.90. The van der Waals surface area contributed by atoms with Crippen LogP contribution in [0.1, 0.15) is 13.3 Å². The molecule has 0 aliphatic heterocycles. The normalized spacial score (nSPS) is 10.8. The molecule has 0 atom stereocenters. The number of hydrogen-bond donors (Lipinski definition) is 1. The predicted octanol–water partition coefficient (Wildman–Crippen LogP) is 3.84. The van der Waals surface area contributed by atoms with Gasteiger partial charge in [-0.15, -0.1) is 11.3 Å². The molecule has 4 heteroatoms. The summed E-state index contributed by atoms with van der Waals surface area (Å²) in [5, 5.41) is 3.39. The van der Waals surface area contributed by atoms with Crippen molar-refractivity contribution < 1.29 is 0 Å². The average Bonchev–Trinajstić information content (AvgIpc) is 2.68. The van der Waals surface area contributed by atoms with Crippen molar-refractivity contribution >= 4 is 39.0 Å². The number of fused-ring (bicyclic) bond motifs is 1. The van der Waals surface area contributed by atoms with E-state index in [1.54, 1.807) is 23.1 Å². The Hall–Kier alpha value is -0.740. The fraction of sp³-hybridized carbons (Fsp3) is 0.364. The molecular formula is C11H14N2S2. The second-order valence-corrected chi connectivity index (χ2v) is 5.38. The quantitative estimate of drug-likeness (QED) is 0.819. The van der Waals surface area contributed by atoms with E-state index in [-0.39, 0.29) is 0 Å². The second-order valence-electron chi connectivity index (χ2n) is 3.29. The van der Waals surface area contributed by atoms with Crippen molar-refractivity contribution in [1.29, 1.82) is 0 Å². The first-order valence-electron chi connectivity index (χ1n) is 5.02. The van der Waals surface area contributed by atoms with Crippen LogP contribution in [0.3, 0.4) is 0 Å². The molecule has 0 unspecified atom stereocenters. The molecular weight excluding hydrogens is 224 g/mol. The summed E-state index contributed by atoms with van der Waals surface area (Å²) in [5.74, 6) is 0. The van der Waals surface area contributed by atoms with Gasteiger partial charge < -0.3 is 5.32 Å². The summed E-state index contributed by atoms with van der Waals surface area (Å²) >= 11 is 3.46. The van der Waals surface area contributed by atoms with Crippen molar-refractivity contribution in [3.63, 3.8) is 0 Å². The predicted molar refractivity (Wildman–Crippen MR) is 70.2 cm³/mol. The first-order chi connectivity index (χ1) is 7.33. The molecule has 0 saturated heterocycles. The van der Waals surface area contributed by atoms with Crippen LogP contribution >= 0.6 is 23.1 Å². The summed E-state index contributed by atoms with van der Waals surface area (Å²) in [6.07, 6.45) is 3.21. The molecule has 80 valence electrons. The number of benzene rings is 1. The van der Waals surface area contributed by atoms with Gasteiger partial charge in [0.2, 0.25) is 0 Å². The maximum Gasteiger partial charge on any atom is 0.150 e.